The standard InChI is InChI=1S/C15H28N4O7S/c1-7(16)12(22)17-9(4-5-27-3)13(23)19-11(8(2)21)14(24)18-10(6-20)15(25)26/h7-11,20-21H,4-6,16H2,1-3H3,(H,17,22)(H,18,24)(H,19,23)(H,25,26). The molecular weight excluding hydrogens is 380 g/mol. The molecule has 0 saturated heterocycles. The minimum Gasteiger partial charge on any atom is -0.480 e. The number of carboxylic acids is 1. The van der Waals surface area contributed by atoms with Gasteiger partial charge in [-0.3, -0.25) is 14.4 Å². The van der Waals surface area contributed by atoms with Crippen molar-refractivity contribution in [2.75, 3.05) is 18.6 Å². The number of rotatable bonds is 12. The molecule has 5 unspecified atom stereocenters. The van der Waals surface area contributed by atoms with Crippen molar-refractivity contribution in [2.24, 2.45) is 5.73 Å². The molecule has 0 rings (SSSR count). The van der Waals surface area contributed by atoms with E-state index in [-0.39, 0.29) is 6.42 Å². The van der Waals surface area contributed by atoms with E-state index in [9.17, 15) is 24.3 Å². The first-order valence-electron chi connectivity index (χ1n) is 8.22. The zero-order valence-corrected chi connectivity index (χ0v) is 16.3. The van der Waals surface area contributed by atoms with Crippen molar-refractivity contribution >= 4 is 35.5 Å². The number of thioether (sulfide) groups is 1. The maximum atomic E-state index is 12.5. The number of hydrogen-bond donors (Lipinski definition) is 7. The van der Waals surface area contributed by atoms with Crippen LogP contribution in [0.4, 0.5) is 0 Å². The number of aliphatic carboxylic acids is 1. The van der Waals surface area contributed by atoms with Gasteiger partial charge in [-0.15, -0.1) is 0 Å². The van der Waals surface area contributed by atoms with E-state index in [1.165, 1.54) is 25.6 Å². The first-order chi connectivity index (χ1) is 12.5. The highest BCUT2D eigenvalue weighted by molar-refractivity contribution is 7.98. The highest BCUT2D eigenvalue weighted by atomic mass is 32.2. The summed E-state index contributed by atoms with van der Waals surface area (Å²) >= 11 is 1.44. The van der Waals surface area contributed by atoms with E-state index >= 15 is 0 Å². The van der Waals surface area contributed by atoms with E-state index < -0.39 is 60.6 Å². The molecule has 5 atom stereocenters. The molecule has 0 radical (unpaired) electrons. The normalized spacial score (nSPS) is 16.4. The van der Waals surface area contributed by atoms with Crippen molar-refractivity contribution in [1.82, 2.24) is 16.0 Å². The summed E-state index contributed by atoms with van der Waals surface area (Å²) in [6.45, 7) is 1.82. The van der Waals surface area contributed by atoms with Gasteiger partial charge in [0.2, 0.25) is 17.7 Å². The molecule has 0 aliphatic rings. The molecule has 3 amide bonds. The van der Waals surface area contributed by atoms with Crippen molar-refractivity contribution in [2.45, 2.75) is 50.5 Å². The molecule has 12 heteroatoms. The topological polar surface area (TPSA) is 191 Å². The summed E-state index contributed by atoms with van der Waals surface area (Å²) in [4.78, 5) is 47.4. The number of amides is 3. The number of carbonyl (C=O) groups excluding carboxylic acids is 3. The predicted molar refractivity (Wildman–Crippen MR) is 98.8 cm³/mol. The van der Waals surface area contributed by atoms with Crippen LogP contribution in [0.5, 0.6) is 0 Å². The van der Waals surface area contributed by atoms with Gasteiger partial charge in [0.25, 0.3) is 0 Å². The third kappa shape index (κ3) is 9.04. The van der Waals surface area contributed by atoms with Crippen molar-refractivity contribution in [3.63, 3.8) is 0 Å². The summed E-state index contributed by atoms with van der Waals surface area (Å²) in [6, 6.07) is -4.89. The van der Waals surface area contributed by atoms with Crippen LogP contribution in [0.25, 0.3) is 0 Å². The van der Waals surface area contributed by atoms with Gasteiger partial charge < -0.3 is 37.0 Å². The summed E-state index contributed by atoms with van der Waals surface area (Å²) in [7, 11) is 0. The second-order valence-corrected chi connectivity index (χ2v) is 6.93. The summed E-state index contributed by atoms with van der Waals surface area (Å²) in [6.07, 6.45) is 0.719. The molecule has 0 aromatic carbocycles. The lowest BCUT2D eigenvalue weighted by Gasteiger charge is -2.26. The molecule has 0 aliphatic carbocycles. The van der Waals surface area contributed by atoms with Crippen LogP contribution in [-0.2, 0) is 19.2 Å². The van der Waals surface area contributed by atoms with Crippen LogP contribution >= 0.6 is 11.8 Å². The summed E-state index contributed by atoms with van der Waals surface area (Å²) < 4.78 is 0. The quantitative estimate of drug-likeness (QED) is 0.176. The third-order valence-corrected chi connectivity index (χ3v) is 4.16. The Balaban J connectivity index is 5.20. The largest absolute Gasteiger partial charge is 0.480 e. The predicted octanol–water partition coefficient (Wildman–Crippen LogP) is -3.00. The molecule has 156 valence electrons. The molecular formula is C15H28N4O7S. The van der Waals surface area contributed by atoms with Crippen molar-refractivity contribution in [3.05, 3.63) is 0 Å². The van der Waals surface area contributed by atoms with Gasteiger partial charge in [0.15, 0.2) is 0 Å². The number of carboxylic acid groups (broad SMARTS) is 1. The number of hydrogen-bond acceptors (Lipinski definition) is 8. The highest BCUT2D eigenvalue weighted by Gasteiger charge is 2.32. The molecule has 0 aromatic heterocycles. The second kappa shape index (κ2) is 12.5. The maximum absolute atomic E-state index is 12.5. The van der Waals surface area contributed by atoms with Gasteiger partial charge in [-0.25, -0.2) is 4.79 Å². The maximum Gasteiger partial charge on any atom is 0.328 e. The monoisotopic (exact) mass is 408 g/mol. The van der Waals surface area contributed by atoms with E-state index in [2.05, 4.69) is 10.6 Å². The average Bonchev–Trinajstić information content (AvgIpc) is 2.59. The average molecular weight is 408 g/mol. The van der Waals surface area contributed by atoms with Crippen molar-refractivity contribution in [1.29, 1.82) is 0 Å². The van der Waals surface area contributed by atoms with Gasteiger partial charge in [-0.05, 0) is 32.3 Å². The van der Waals surface area contributed by atoms with E-state index in [0.29, 0.717) is 5.75 Å². The van der Waals surface area contributed by atoms with E-state index in [1.54, 1.807) is 0 Å². The number of aliphatic hydroxyl groups excluding tert-OH is 2. The van der Waals surface area contributed by atoms with Crippen molar-refractivity contribution < 1.29 is 34.5 Å². The van der Waals surface area contributed by atoms with Crippen LogP contribution in [0, 0.1) is 0 Å². The zero-order valence-electron chi connectivity index (χ0n) is 15.5. The van der Waals surface area contributed by atoms with Crippen LogP contribution in [0.2, 0.25) is 0 Å². The zero-order chi connectivity index (χ0) is 21.1. The van der Waals surface area contributed by atoms with Gasteiger partial charge in [-0.1, -0.05) is 0 Å². The van der Waals surface area contributed by atoms with Gasteiger partial charge in [0.05, 0.1) is 18.8 Å². The molecule has 0 spiro atoms. The fourth-order valence-corrected chi connectivity index (χ4v) is 2.39. The van der Waals surface area contributed by atoms with Crippen LogP contribution < -0.4 is 21.7 Å². The Morgan fingerprint density at radius 3 is 1.96 bits per heavy atom. The van der Waals surface area contributed by atoms with Gasteiger partial charge in [0, 0.05) is 0 Å². The smallest absolute Gasteiger partial charge is 0.328 e. The van der Waals surface area contributed by atoms with Crippen LogP contribution in [0.1, 0.15) is 20.3 Å². The molecule has 0 aliphatic heterocycles. The molecule has 11 nitrogen and oxygen atoms in total. The molecule has 8 N–H and O–H groups in total. The Morgan fingerprint density at radius 2 is 1.56 bits per heavy atom. The summed E-state index contributed by atoms with van der Waals surface area (Å²) in [5.74, 6) is -3.20. The Kier molecular flexibility index (Phi) is 11.6. The van der Waals surface area contributed by atoms with Crippen LogP contribution in [0.3, 0.4) is 0 Å². The Labute approximate surface area is 161 Å². The summed E-state index contributed by atoms with van der Waals surface area (Å²) in [5, 5.41) is 34.4. The lowest BCUT2D eigenvalue weighted by atomic mass is 10.1. The first-order valence-corrected chi connectivity index (χ1v) is 9.61. The fraction of sp³-hybridized carbons (Fsp3) is 0.733. The lowest BCUT2D eigenvalue weighted by Crippen LogP contribution is -2.60. The molecule has 27 heavy (non-hydrogen) atoms. The molecule has 0 heterocycles. The number of aliphatic hydroxyl groups is 2. The number of carbonyl (C=O) groups is 4. The molecule has 0 bridgehead atoms. The first kappa shape index (κ1) is 25.1. The van der Waals surface area contributed by atoms with Crippen molar-refractivity contribution in [3.8, 4) is 0 Å². The minimum absolute atomic E-state index is 0.258. The fourth-order valence-electron chi connectivity index (χ4n) is 1.91. The molecule has 0 aromatic rings. The van der Waals surface area contributed by atoms with Crippen LogP contribution in [0.15, 0.2) is 0 Å². The van der Waals surface area contributed by atoms with Gasteiger partial charge >= 0.3 is 5.97 Å². The highest BCUT2D eigenvalue weighted by Crippen LogP contribution is 2.04. The van der Waals surface area contributed by atoms with E-state index in [4.69, 9.17) is 15.9 Å². The van der Waals surface area contributed by atoms with Gasteiger partial charge in [0.1, 0.15) is 18.1 Å². The Bertz CT molecular complexity index is 530. The lowest BCUT2D eigenvalue weighted by molar-refractivity contribution is -0.144. The Morgan fingerprint density at radius 1 is 1.00 bits per heavy atom. The van der Waals surface area contributed by atoms with E-state index in [0.717, 1.165) is 0 Å². The minimum atomic E-state index is -1.58. The Hall–Kier alpha value is -1.89. The SMILES string of the molecule is CSCCC(NC(=O)C(C)N)C(=O)NC(C(=O)NC(CO)C(=O)O)C(C)O. The van der Waals surface area contributed by atoms with Crippen LogP contribution in [-0.4, -0.2) is 87.9 Å². The number of nitrogens with two attached hydrogens (primary N) is 1. The third-order valence-electron chi connectivity index (χ3n) is 3.52. The second-order valence-electron chi connectivity index (χ2n) is 5.94. The summed E-state index contributed by atoms with van der Waals surface area (Å²) in [5.41, 5.74) is 5.48. The number of nitrogens with one attached hydrogen (secondary N) is 3. The molecule has 0 fully saturated rings. The van der Waals surface area contributed by atoms with Gasteiger partial charge in [-0.2, -0.15) is 11.8 Å². The van der Waals surface area contributed by atoms with E-state index in [1.807, 2.05) is 11.6 Å². The molecule has 0 saturated carbocycles.